The standard InChI is InChI=1S/C25H25N5O.2ClH/c1-3-10-24-22(8-1)27-12-14-31-15-13-28-19-30(25-11-4-2-9-23(25)28)17-21-7-5-6-20(26-21)16-29(24)18-27;;/h1-11,18-19H,12-17H2;2*1H/q+2;;/p-2. The number of ether oxygens (including phenoxy) is 1. The van der Waals surface area contributed by atoms with E-state index >= 15 is 0 Å². The largest absolute Gasteiger partial charge is 1.00 e. The molecule has 5 aromatic rings. The zero-order valence-electron chi connectivity index (χ0n) is 18.1. The van der Waals surface area contributed by atoms with Gasteiger partial charge in [0.05, 0.1) is 24.6 Å². The maximum atomic E-state index is 6.03. The SMILES string of the molecule is [Cl-].[Cl-].c1cc2nc(c1)C[n+]1cn(c3ccccc31)CCOCCn1c[n+](c3ccccc31)C2. The van der Waals surface area contributed by atoms with Crippen LogP contribution in [0.2, 0.25) is 0 Å². The van der Waals surface area contributed by atoms with Gasteiger partial charge in [-0.3, -0.25) is 0 Å². The molecule has 8 heteroatoms. The van der Waals surface area contributed by atoms with Crippen molar-refractivity contribution in [2.24, 2.45) is 0 Å². The van der Waals surface area contributed by atoms with E-state index in [1.165, 1.54) is 22.1 Å². The lowest BCUT2D eigenvalue weighted by atomic mass is 10.2. The highest BCUT2D eigenvalue weighted by molar-refractivity contribution is 5.72. The van der Waals surface area contributed by atoms with E-state index < -0.39 is 0 Å². The van der Waals surface area contributed by atoms with Crippen molar-refractivity contribution in [1.82, 2.24) is 14.1 Å². The number of hydrogen-bond acceptors (Lipinski definition) is 2. The highest BCUT2D eigenvalue weighted by Crippen LogP contribution is 2.14. The molecule has 0 N–H and O–H groups in total. The molecule has 4 heterocycles. The Morgan fingerprint density at radius 3 is 1.64 bits per heavy atom. The Hall–Kier alpha value is -2.93. The van der Waals surface area contributed by atoms with Gasteiger partial charge in [-0.1, -0.05) is 30.3 Å². The lowest BCUT2D eigenvalue weighted by molar-refractivity contribution is -0.665. The minimum Gasteiger partial charge on any atom is -1.00 e. The maximum absolute atomic E-state index is 6.03. The Bertz CT molecular complexity index is 1290. The predicted octanol–water partition coefficient (Wildman–Crippen LogP) is -3.30. The molecule has 33 heavy (non-hydrogen) atoms. The Morgan fingerprint density at radius 2 is 1.12 bits per heavy atom. The molecule has 2 aromatic carbocycles. The zero-order chi connectivity index (χ0) is 20.6. The van der Waals surface area contributed by atoms with Crippen LogP contribution in [0.3, 0.4) is 0 Å². The number of imidazole rings is 2. The van der Waals surface area contributed by atoms with Crippen molar-refractivity contribution < 1.29 is 38.7 Å². The van der Waals surface area contributed by atoms with Gasteiger partial charge in [0.1, 0.15) is 26.2 Å². The summed E-state index contributed by atoms with van der Waals surface area (Å²) >= 11 is 0. The van der Waals surface area contributed by atoms with Crippen LogP contribution in [0.25, 0.3) is 22.1 Å². The average Bonchev–Trinajstić information content (AvgIpc) is 3.32. The van der Waals surface area contributed by atoms with Crippen molar-refractivity contribution in [1.29, 1.82) is 0 Å². The van der Waals surface area contributed by atoms with E-state index in [9.17, 15) is 0 Å². The first-order valence-electron chi connectivity index (χ1n) is 10.8. The number of benzene rings is 2. The number of hydrogen-bond donors (Lipinski definition) is 0. The molecule has 0 spiro atoms. The second kappa shape index (κ2) is 9.91. The van der Waals surface area contributed by atoms with Crippen LogP contribution in [0.15, 0.2) is 79.4 Å². The molecule has 6 bridgehead atoms. The van der Waals surface area contributed by atoms with Gasteiger partial charge >= 0.3 is 0 Å². The summed E-state index contributed by atoms with van der Waals surface area (Å²) in [5, 5.41) is 0. The summed E-state index contributed by atoms with van der Waals surface area (Å²) in [4.78, 5) is 5.00. The van der Waals surface area contributed by atoms with Gasteiger partial charge in [-0.25, -0.2) is 23.3 Å². The van der Waals surface area contributed by atoms with Crippen LogP contribution in [-0.2, 0) is 30.9 Å². The first-order chi connectivity index (χ1) is 15.3. The van der Waals surface area contributed by atoms with E-state index in [2.05, 4.69) is 97.7 Å². The zero-order valence-corrected chi connectivity index (χ0v) is 19.7. The minimum absolute atomic E-state index is 0. The Balaban J connectivity index is 0.00000130. The molecule has 0 atom stereocenters. The van der Waals surface area contributed by atoms with Gasteiger partial charge < -0.3 is 29.6 Å². The second-order valence-electron chi connectivity index (χ2n) is 8.08. The summed E-state index contributed by atoms with van der Waals surface area (Å²) in [6.07, 6.45) is 4.38. The Kier molecular flexibility index (Phi) is 6.98. The molecule has 6 rings (SSSR count). The molecule has 6 nitrogen and oxygen atoms in total. The quantitative estimate of drug-likeness (QED) is 0.217. The molecule has 3 aromatic heterocycles. The first-order valence-corrected chi connectivity index (χ1v) is 10.8. The van der Waals surface area contributed by atoms with Crippen molar-refractivity contribution in [3.63, 3.8) is 0 Å². The van der Waals surface area contributed by atoms with Gasteiger partial charge in [-0.05, 0) is 36.4 Å². The summed E-state index contributed by atoms with van der Waals surface area (Å²) in [5.41, 5.74) is 7.02. The number of pyridine rings is 1. The van der Waals surface area contributed by atoms with Crippen molar-refractivity contribution in [2.75, 3.05) is 13.2 Å². The molecular formula is C25H25Cl2N5O. The number of aromatic nitrogens is 5. The van der Waals surface area contributed by atoms with Crippen molar-refractivity contribution in [3.05, 3.63) is 90.8 Å². The molecule has 1 aliphatic heterocycles. The van der Waals surface area contributed by atoms with Gasteiger partial charge in [-0.15, -0.1) is 0 Å². The molecule has 0 unspecified atom stereocenters. The van der Waals surface area contributed by atoms with Gasteiger partial charge in [0, 0.05) is 0 Å². The highest BCUT2D eigenvalue weighted by Gasteiger charge is 2.19. The van der Waals surface area contributed by atoms with Crippen molar-refractivity contribution in [2.45, 2.75) is 26.2 Å². The van der Waals surface area contributed by atoms with Crippen molar-refractivity contribution >= 4 is 22.1 Å². The number of halogens is 2. The lowest BCUT2D eigenvalue weighted by Gasteiger charge is -2.03. The monoisotopic (exact) mass is 481 g/mol. The lowest BCUT2D eigenvalue weighted by Crippen LogP contribution is -3.00. The summed E-state index contributed by atoms with van der Waals surface area (Å²) in [7, 11) is 0. The number of para-hydroxylation sites is 4. The second-order valence-corrected chi connectivity index (χ2v) is 8.08. The van der Waals surface area contributed by atoms with Crippen molar-refractivity contribution in [3.8, 4) is 0 Å². The van der Waals surface area contributed by atoms with E-state index in [1.54, 1.807) is 0 Å². The Labute approximate surface area is 204 Å². The maximum Gasteiger partial charge on any atom is 0.245 e. The molecule has 1 aliphatic rings. The van der Waals surface area contributed by atoms with E-state index in [4.69, 9.17) is 9.72 Å². The number of rotatable bonds is 0. The third kappa shape index (κ3) is 4.47. The molecule has 0 saturated heterocycles. The van der Waals surface area contributed by atoms with E-state index in [0.29, 0.717) is 13.2 Å². The molecule has 170 valence electrons. The highest BCUT2D eigenvalue weighted by atomic mass is 35.5. The number of fused-ring (bicyclic) bond motifs is 12. The van der Waals surface area contributed by atoms with Crippen LogP contribution in [0, 0.1) is 0 Å². The van der Waals surface area contributed by atoms with Crippen LogP contribution in [0.1, 0.15) is 11.4 Å². The summed E-state index contributed by atoms with van der Waals surface area (Å²) in [5.74, 6) is 0. The summed E-state index contributed by atoms with van der Waals surface area (Å²) in [6.45, 7) is 4.52. The fourth-order valence-corrected chi connectivity index (χ4v) is 4.58. The fourth-order valence-electron chi connectivity index (χ4n) is 4.58. The Morgan fingerprint density at radius 1 is 0.636 bits per heavy atom. The van der Waals surface area contributed by atoms with E-state index in [1.807, 2.05) is 0 Å². The van der Waals surface area contributed by atoms with Gasteiger partial charge in [-0.2, -0.15) is 0 Å². The van der Waals surface area contributed by atoms with Gasteiger partial charge in [0.2, 0.25) is 12.7 Å². The molecular weight excluding hydrogens is 457 g/mol. The van der Waals surface area contributed by atoms with E-state index in [0.717, 1.165) is 37.6 Å². The van der Waals surface area contributed by atoms with Gasteiger partial charge in [0.15, 0.2) is 22.1 Å². The third-order valence-corrected chi connectivity index (χ3v) is 6.04. The minimum atomic E-state index is 0. The molecule has 0 radical (unpaired) electrons. The summed E-state index contributed by atoms with van der Waals surface area (Å²) < 4.78 is 15.2. The molecule has 0 amide bonds. The molecule has 0 aliphatic carbocycles. The van der Waals surface area contributed by atoms with Crippen LogP contribution < -0.4 is 33.9 Å². The normalized spacial score (nSPS) is 13.9. The van der Waals surface area contributed by atoms with Crippen LogP contribution in [-0.4, -0.2) is 27.3 Å². The van der Waals surface area contributed by atoms with Crippen LogP contribution in [0.4, 0.5) is 0 Å². The first kappa shape index (κ1) is 23.2. The number of nitrogens with zero attached hydrogens (tertiary/aromatic N) is 5. The summed E-state index contributed by atoms with van der Waals surface area (Å²) in [6, 6.07) is 23.4. The topological polar surface area (TPSA) is 39.7 Å². The third-order valence-electron chi connectivity index (χ3n) is 6.04. The fraction of sp³-hybridized carbons (Fsp3) is 0.240. The molecule has 0 fully saturated rings. The van der Waals surface area contributed by atoms with Crippen LogP contribution in [0.5, 0.6) is 0 Å². The predicted molar refractivity (Wildman–Crippen MR) is 118 cm³/mol. The molecule has 0 saturated carbocycles. The smallest absolute Gasteiger partial charge is 0.245 e. The van der Waals surface area contributed by atoms with E-state index in [-0.39, 0.29) is 24.8 Å². The van der Waals surface area contributed by atoms with Gasteiger partial charge in [0.25, 0.3) is 0 Å². The van der Waals surface area contributed by atoms with Crippen LogP contribution >= 0.6 is 0 Å². The average molecular weight is 482 g/mol.